The van der Waals surface area contributed by atoms with Crippen LogP contribution in [-0.2, 0) is 11.8 Å². The van der Waals surface area contributed by atoms with E-state index in [-0.39, 0.29) is 18.1 Å². The van der Waals surface area contributed by atoms with Gasteiger partial charge in [0.1, 0.15) is 5.75 Å². The van der Waals surface area contributed by atoms with Gasteiger partial charge in [0.15, 0.2) is 0 Å². The van der Waals surface area contributed by atoms with E-state index in [9.17, 15) is 5.11 Å². The van der Waals surface area contributed by atoms with E-state index in [2.05, 4.69) is 13.8 Å². The Bertz CT molecular complexity index is 460. The molecule has 1 aromatic carbocycles. The highest BCUT2D eigenvalue weighted by molar-refractivity contribution is 8.00. The van der Waals surface area contributed by atoms with Gasteiger partial charge in [-0.15, -0.1) is 0 Å². The molecule has 2 rings (SSSR count). The number of phenols is 1. The Morgan fingerprint density at radius 2 is 2.05 bits per heavy atom. The molecule has 0 bridgehead atoms. The highest BCUT2D eigenvalue weighted by Crippen LogP contribution is 2.45. The first kappa shape index (κ1) is 15.7. The number of aromatic hydroxyl groups is 1. The van der Waals surface area contributed by atoms with Crippen LogP contribution >= 0.6 is 11.8 Å². The number of aliphatic hydroxyl groups is 1. The standard InChI is InChI=1S/C16H25NO2S/c1-3-16(4-2)13-10-12(19)6-5-11(13)9-14(15(16)17)20-8-7-18/h5-6,10,14-15,18-19H,3-4,7-9,17H2,1-2H3. The van der Waals surface area contributed by atoms with Crippen molar-refractivity contribution in [2.24, 2.45) is 5.73 Å². The monoisotopic (exact) mass is 295 g/mol. The van der Waals surface area contributed by atoms with Gasteiger partial charge in [0.2, 0.25) is 0 Å². The van der Waals surface area contributed by atoms with Crippen molar-refractivity contribution in [1.82, 2.24) is 0 Å². The Labute approximate surface area is 125 Å². The van der Waals surface area contributed by atoms with Crippen molar-refractivity contribution in [1.29, 1.82) is 0 Å². The summed E-state index contributed by atoms with van der Waals surface area (Å²) in [6, 6.07) is 5.75. The summed E-state index contributed by atoms with van der Waals surface area (Å²) in [5.41, 5.74) is 9.04. The number of thioether (sulfide) groups is 1. The maximum Gasteiger partial charge on any atom is 0.115 e. The Morgan fingerprint density at radius 3 is 2.65 bits per heavy atom. The molecule has 0 amide bonds. The minimum atomic E-state index is -0.0700. The molecule has 4 N–H and O–H groups in total. The molecule has 0 aliphatic heterocycles. The third kappa shape index (κ3) is 2.57. The summed E-state index contributed by atoms with van der Waals surface area (Å²) in [4.78, 5) is 0. The first-order valence-corrected chi connectivity index (χ1v) is 8.44. The second kappa shape index (κ2) is 6.37. The largest absolute Gasteiger partial charge is 0.508 e. The Morgan fingerprint density at radius 1 is 1.35 bits per heavy atom. The predicted molar refractivity (Wildman–Crippen MR) is 85.4 cm³/mol. The number of phenolic OH excluding ortho intramolecular Hbond substituents is 1. The molecule has 0 aromatic heterocycles. The number of nitrogens with two attached hydrogens (primary N) is 1. The van der Waals surface area contributed by atoms with Crippen molar-refractivity contribution in [3.63, 3.8) is 0 Å². The van der Waals surface area contributed by atoms with Crippen molar-refractivity contribution in [3.8, 4) is 5.75 Å². The number of hydrogen-bond donors (Lipinski definition) is 3. The van der Waals surface area contributed by atoms with Gasteiger partial charge in [-0.25, -0.2) is 0 Å². The Kier molecular flexibility index (Phi) is 4.99. The molecule has 2 unspecified atom stereocenters. The normalized spacial score (nSPS) is 24.4. The van der Waals surface area contributed by atoms with Crippen LogP contribution in [0.15, 0.2) is 18.2 Å². The number of fused-ring (bicyclic) bond motifs is 1. The first-order chi connectivity index (χ1) is 9.58. The lowest BCUT2D eigenvalue weighted by Gasteiger charge is -2.47. The topological polar surface area (TPSA) is 66.5 Å². The Balaban J connectivity index is 2.45. The lowest BCUT2D eigenvalue weighted by Crippen LogP contribution is -2.55. The molecule has 2 atom stereocenters. The van der Waals surface area contributed by atoms with Crippen LogP contribution in [0.2, 0.25) is 0 Å². The van der Waals surface area contributed by atoms with E-state index in [4.69, 9.17) is 10.8 Å². The van der Waals surface area contributed by atoms with Crippen molar-refractivity contribution >= 4 is 11.8 Å². The lowest BCUT2D eigenvalue weighted by atomic mass is 9.63. The highest BCUT2D eigenvalue weighted by Gasteiger charge is 2.44. The van der Waals surface area contributed by atoms with Gasteiger partial charge in [0.05, 0.1) is 6.61 Å². The van der Waals surface area contributed by atoms with E-state index in [1.54, 1.807) is 17.8 Å². The summed E-state index contributed by atoms with van der Waals surface area (Å²) >= 11 is 1.77. The van der Waals surface area contributed by atoms with Crippen LogP contribution in [-0.4, -0.2) is 33.9 Å². The third-order valence-corrected chi connectivity index (χ3v) is 6.08. The molecule has 20 heavy (non-hydrogen) atoms. The van der Waals surface area contributed by atoms with Crippen LogP contribution in [0.25, 0.3) is 0 Å². The van der Waals surface area contributed by atoms with Crippen LogP contribution in [0.1, 0.15) is 37.8 Å². The van der Waals surface area contributed by atoms with Crippen LogP contribution < -0.4 is 5.73 Å². The van der Waals surface area contributed by atoms with Gasteiger partial charge in [0.25, 0.3) is 0 Å². The molecular formula is C16H25NO2S. The van der Waals surface area contributed by atoms with Crippen LogP contribution in [0, 0.1) is 0 Å². The molecule has 3 nitrogen and oxygen atoms in total. The van der Waals surface area contributed by atoms with Crippen molar-refractivity contribution < 1.29 is 10.2 Å². The summed E-state index contributed by atoms with van der Waals surface area (Å²) in [6.45, 7) is 4.55. The molecule has 1 aliphatic carbocycles. The second-order valence-corrected chi connectivity index (χ2v) is 6.91. The number of aliphatic hydroxyl groups excluding tert-OH is 1. The van der Waals surface area contributed by atoms with E-state index in [1.807, 2.05) is 12.1 Å². The average Bonchev–Trinajstić information content (AvgIpc) is 2.46. The second-order valence-electron chi connectivity index (χ2n) is 5.57. The van der Waals surface area contributed by atoms with Crippen LogP contribution in [0.4, 0.5) is 0 Å². The maximum atomic E-state index is 9.83. The van der Waals surface area contributed by atoms with E-state index >= 15 is 0 Å². The van der Waals surface area contributed by atoms with Crippen LogP contribution in [0.5, 0.6) is 5.75 Å². The van der Waals surface area contributed by atoms with Crippen molar-refractivity contribution in [2.75, 3.05) is 12.4 Å². The molecular weight excluding hydrogens is 270 g/mol. The molecule has 112 valence electrons. The summed E-state index contributed by atoms with van der Waals surface area (Å²) in [5.74, 6) is 1.05. The van der Waals surface area contributed by atoms with Gasteiger partial charge in [-0.3, -0.25) is 0 Å². The SMILES string of the molecule is CCC1(CC)c2cc(O)ccc2CC(SCCO)C1N. The van der Waals surface area contributed by atoms with Gasteiger partial charge in [0, 0.05) is 22.5 Å². The zero-order valence-corrected chi connectivity index (χ0v) is 13.1. The Hall–Kier alpha value is -0.710. The molecule has 1 aromatic rings. The van der Waals surface area contributed by atoms with E-state index in [1.165, 1.54) is 11.1 Å². The van der Waals surface area contributed by atoms with Crippen molar-refractivity contribution in [3.05, 3.63) is 29.3 Å². The van der Waals surface area contributed by atoms with Gasteiger partial charge >= 0.3 is 0 Å². The predicted octanol–water partition coefficient (Wildman–Crippen LogP) is 2.43. The number of hydrogen-bond acceptors (Lipinski definition) is 4. The fourth-order valence-electron chi connectivity index (χ4n) is 3.55. The molecule has 0 spiro atoms. The quantitative estimate of drug-likeness (QED) is 0.780. The fraction of sp³-hybridized carbons (Fsp3) is 0.625. The average molecular weight is 295 g/mol. The minimum absolute atomic E-state index is 0.0587. The van der Waals surface area contributed by atoms with Gasteiger partial charge in [-0.05, 0) is 42.5 Å². The molecule has 4 heteroatoms. The third-order valence-electron chi connectivity index (χ3n) is 4.77. The minimum Gasteiger partial charge on any atom is -0.508 e. The van der Waals surface area contributed by atoms with Gasteiger partial charge in [-0.2, -0.15) is 11.8 Å². The number of rotatable bonds is 5. The summed E-state index contributed by atoms with van der Waals surface area (Å²) in [5, 5.41) is 19.2. The zero-order valence-electron chi connectivity index (χ0n) is 12.3. The smallest absolute Gasteiger partial charge is 0.115 e. The number of benzene rings is 1. The molecule has 0 heterocycles. The molecule has 0 fully saturated rings. The van der Waals surface area contributed by atoms with Crippen molar-refractivity contribution in [2.45, 2.75) is 49.8 Å². The molecule has 0 saturated heterocycles. The fourth-order valence-corrected chi connectivity index (χ4v) is 4.73. The highest BCUT2D eigenvalue weighted by atomic mass is 32.2. The van der Waals surface area contributed by atoms with Crippen LogP contribution in [0.3, 0.4) is 0 Å². The van der Waals surface area contributed by atoms with Gasteiger partial charge < -0.3 is 15.9 Å². The van der Waals surface area contributed by atoms with E-state index < -0.39 is 0 Å². The molecule has 0 radical (unpaired) electrons. The van der Waals surface area contributed by atoms with E-state index in [0.717, 1.165) is 25.0 Å². The lowest BCUT2D eigenvalue weighted by molar-refractivity contribution is 0.289. The molecule has 1 aliphatic rings. The summed E-state index contributed by atoms with van der Waals surface area (Å²) < 4.78 is 0. The van der Waals surface area contributed by atoms with E-state index in [0.29, 0.717) is 11.0 Å². The zero-order chi connectivity index (χ0) is 14.8. The maximum absolute atomic E-state index is 9.83. The summed E-state index contributed by atoms with van der Waals surface area (Å²) in [7, 11) is 0. The summed E-state index contributed by atoms with van der Waals surface area (Å²) in [6.07, 6.45) is 2.86. The molecule has 0 saturated carbocycles. The first-order valence-electron chi connectivity index (χ1n) is 7.39. The van der Waals surface area contributed by atoms with Gasteiger partial charge in [-0.1, -0.05) is 19.9 Å².